The molecule has 6 fully saturated rings. The lowest BCUT2D eigenvalue weighted by atomic mass is 9.33. The number of allylic oxidation sites excluding steroid dienone is 2. The Bertz CT molecular complexity index is 1450. The molecule has 0 spiro atoms. The summed E-state index contributed by atoms with van der Waals surface area (Å²) in [4.78, 5) is 13.1. The van der Waals surface area contributed by atoms with E-state index in [0.29, 0.717) is 25.2 Å². The minimum Gasteiger partial charge on any atom is -0.481 e. The highest BCUT2D eigenvalue weighted by molar-refractivity contribution is 5.77. The molecule has 7 rings (SSSR count). The molecule has 2 aliphatic heterocycles. The van der Waals surface area contributed by atoms with E-state index in [1.165, 1.54) is 5.57 Å². The highest BCUT2D eigenvalue weighted by atomic mass is 16.8. The first-order valence-electron chi connectivity index (χ1n) is 20.2. The predicted molar refractivity (Wildman–Crippen MR) is 192 cm³/mol. The van der Waals surface area contributed by atoms with Crippen LogP contribution in [-0.4, -0.2) is 116 Å². The number of carboxylic acid groups (broad SMARTS) is 1. The van der Waals surface area contributed by atoms with Gasteiger partial charge in [-0.25, -0.2) is 0 Å². The molecule has 0 aromatic heterocycles. The summed E-state index contributed by atoms with van der Waals surface area (Å²) >= 11 is 0. The fourth-order valence-electron chi connectivity index (χ4n) is 13.4. The van der Waals surface area contributed by atoms with Gasteiger partial charge in [0.25, 0.3) is 0 Å². The first-order valence-corrected chi connectivity index (χ1v) is 20.2. The number of carboxylic acids is 1. The average Bonchev–Trinajstić information content (AvgIpc) is 3.06. The molecule has 0 aromatic rings. The van der Waals surface area contributed by atoms with Crippen LogP contribution >= 0.6 is 0 Å². The lowest BCUT2D eigenvalue weighted by Gasteiger charge is -2.71. The number of aliphatic carboxylic acids is 1. The van der Waals surface area contributed by atoms with Crippen LogP contribution in [0.1, 0.15) is 113 Å². The number of rotatable bonds is 5. The van der Waals surface area contributed by atoms with E-state index in [4.69, 9.17) is 18.9 Å². The second-order valence-corrected chi connectivity index (χ2v) is 20.3. The summed E-state index contributed by atoms with van der Waals surface area (Å²) in [5.74, 6) is -0.499. The molecule has 7 N–H and O–H groups in total. The van der Waals surface area contributed by atoms with E-state index < -0.39 is 72.8 Å². The third kappa shape index (κ3) is 5.77. The molecule has 5 aliphatic carbocycles. The number of aliphatic hydroxyl groups excluding tert-OH is 6. The highest BCUT2D eigenvalue weighted by Crippen LogP contribution is 2.76. The Morgan fingerprint density at radius 1 is 0.792 bits per heavy atom. The number of ether oxygens (including phenoxy) is 4. The number of fused-ring (bicyclic) bond motifs is 7. The van der Waals surface area contributed by atoms with Crippen LogP contribution < -0.4 is 0 Å². The number of hydrogen-bond acceptors (Lipinski definition) is 11. The first-order chi connectivity index (χ1) is 24.5. The molecule has 0 unspecified atom stereocenters. The van der Waals surface area contributed by atoms with Crippen molar-refractivity contribution in [2.45, 2.75) is 181 Å². The van der Waals surface area contributed by atoms with E-state index >= 15 is 0 Å². The largest absolute Gasteiger partial charge is 0.481 e. The van der Waals surface area contributed by atoms with Crippen LogP contribution in [0.25, 0.3) is 0 Å². The summed E-state index contributed by atoms with van der Waals surface area (Å²) in [5, 5.41) is 75.5. The van der Waals surface area contributed by atoms with Crippen LogP contribution in [0.4, 0.5) is 0 Å². The smallest absolute Gasteiger partial charge is 0.312 e. The topological polar surface area (TPSA) is 196 Å². The SMILES string of the molecule is C[C@@H]1O[C@@H](O[C@H]2[C@H](O[C@H]3CC[C@]4(C)[C@H]5CC=C6[C@@H]7CC(C)(C)CC[C@]7(C(=O)O)[C@H](O)C[C@@]6(C)[C@]5(C)CC[C@H]4C3(C)C)OC[C@H](O)[C@@H]2O)[C@H](O)[C@H](O)[C@H]1O. The molecule has 2 heterocycles. The summed E-state index contributed by atoms with van der Waals surface area (Å²) in [6.45, 7) is 17.5. The number of aliphatic hydroxyl groups is 6. The number of carbonyl (C=O) groups is 1. The fraction of sp³-hybridized carbons (Fsp3) is 0.927. The number of hydrogen-bond donors (Lipinski definition) is 7. The van der Waals surface area contributed by atoms with E-state index in [2.05, 4.69) is 54.5 Å². The van der Waals surface area contributed by atoms with Crippen molar-refractivity contribution in [3.05, 3.63) is 11.6 Å². The van der Waals surface area contributed by atoms with Crippen LogP contribution in [0, 0.1) is 50.2 Å². The summed E-state index contributed by atoms with van der Waals surface area (Å²) in [6, 6.07) is 0. The second-order valence-electron chi connectivity index (χ2n) is 20.3. The Hall–Kier alpha value is -1.19. The van der Waals surface area contributed by atoms with E-state index in [0.717, 1.165) is 38.5 Å². The minimum atomic E-state index is -1.60. The zero-order valence-electron chi connectivity index (χ0n) is 32.9. The average molecular weight is 751 g/mol. The van der Waals surface area contributed by atoms with Crippen LogP contribution in [0.2, 0.25) is 0 Å². The van der Waals surface area contributed by atoms with Gasteiger partial charge in [-0.3, -0.25) is 4.79 Å². The Labute approximate surface area is 314 Å². The quantitative estimate of drug-likeness (QED) is 0.160. The van der Waals surface area contributed by atoms with Gasteiger partial charge in [-0.15, -0.1) is 0 Å². The summed E-state index contributed by atoms with van der Waals surface area (Å²) in [6.07, 6.45) is -3.72. The van der Waals surface area contributed by atoms with Crippen molar-refractivity contribution in [2.24, 2.45) is 50.2 Å². The van der Waals surface area contributed by atoms with Crippen LogP contribution in [0.15, 0.2) is 11.6 Å². The fourth-order valence-corrected chi connectivity index (χ4v) is 13.4. The third-order valence-corrected chi connectivity index (χ3v) is 16.8. The van der Waals surface area contributed by atoms with Gasteiger partial charge in [0.2, 0.25) is 0 Å². The molecule has 12 heteroatoms. The molecule has 302 valence electrons. The van der Waals surface area contributed by atoms with Crippen molar-refractivity contribution in [2.75, 3.05) is 6.61 Å². The van der Waals surface area contributed by atoms with Crippen molar-refractivity contribution in [1.29, 1.82) is 0 Å². The maximum atomic E-state index is 13.1. The normalized spacial score (nSPS) is 54.7. The zero-order valence-corrected chi connectivity index (χ0v) is 32.9. The van der Waals surface area contributed by atoms with Crippen molar-refractivity contribution in [1.82, 2.24) is 0 Å². The molecule has 2 saturated heterocycles. The van der Waals surface area contributed by atoms with Gasteiger partial charge in [0.05, 0.1) is 24.9 Å². The van der Waals surface area contributed by atoms with Gasteiger partial charge >= 0.3 is 5.97 Å². The summed E-state index contributed by atoms with van der Waals surface area (Å²) in [7, 11) is 0. The Balaban J connectivity index is 1.14. The van der Waals surface area contributed by atoms with Crippen molar-refractivity contribution in [3.8, 4) is 0 Å². The van der Waals surface area contributed by atoms with Crippen molar-refractivity contribution >= 4 is 5.97 Å². The third-order valence-electron chi connectivity index (χ3n) is 16.8. The summed E-state index contributed by atoms with van der Waals surface area (Å²) < 4.78 is 24.4. The van der Waals surface area contributed by atoms with Gasteiger partial charge in [0.15, 0.2) is 12.6 Å². The lowest BCUT2D eigenvalue weighted by molar-refractivity contribution is -0.364. The van der Waals surface area contributed by atoms with Crippen molar-refractivity contribution < 1.29 is 59.5 Å². The van der Waals surface area contributed by atoms with Gasteiger partial charge < -0.3 is 54.7 Å². The van der Waals surface area contributed by atoms with Gasteiger partial charge in [0.1, 0.15) is 42.0 Å². The highest BCUT2D eigenvalue weighted by Gasteiger charge is 2.71. The minimum absolute atomic E-state index is 0.00212. The molecular formula is C41H66O12. The molecule has 0 aromatic carbocycles. The van der Waals surface area contributed by atoms with Crippen LogP contribution in [0.3, 0.4) is 0 Å². The standard InChI is InChI=1S/C41H66O12/c1-20-28(44)30(46)31(47)33(51-20)53-32-29(45)23(42)19-50-34(32)52-27-12-13-38(6)24(37(27,4)5)11-14-39(7)25(38)10-9-21-22-17-36(2,3)15-16-41(22,35(48)49)26(43)18-40(21,39)8/h9,20,22-34,42-47H,10-19H2,1-8H3,(H,48,49)/t20-,22-,23-,24-,25+,26+,27-,28-,29-,30+,31+,32+,33-,34-,38-,39+,40+,41+/m0/s1. The van der Waals surface area contributed by atoms with Crippen LogP contribution in [-0.2, 0) is 23.7 Å². The Kier molecular flexibility index (Phi) is 9.95. The van der Waals surface area contributed by atoms with Gasteiger partial charge in [-0.05, 0) is 110 Å². The molecule has 18 atom stereocenters. The first kappa shape index (κ1) is 40.0. The predicted octanol–water partition coefficient (Wildman–Crippen LogP) is 3.52. The molecule has 0 amide bonds. The van der Waals surface area contributed by atoms with Crippen LogP contribution in [0.5, 0.6) is 0 Å². The van der Waals surface area contributed by atoms with E-state index in [9.17, 15) is 40.5 Å². The molecule has 0 bridgehead atoms. The van der Waals surface area contributed by atoms with E-state index in [1.54, 1.807) is 6.92 Å². The monoisotopic (exact) mass is 750 g/mol. The maximum Gasteiger partial charge on any atom is 0.312 e. The molecule has 53 heavy (non-hydrogen) atoms. The van der Waals surface area contributed by atoms with Gasteiger partial charge in [-0.2, -0.15) is 0 Å². The Morgan fingerprint density at radius 3 is 2.17 bits per heavy atom. The van der Waals surface area contributed by atoms with Crippen molar-refractivity contribution in [3.63, 3.8) is 0 Å². The lowest BCUT2D eigenvalue weighted by Crippen LogP contribution is -2.68. The summed E-state index contributed by atoms with van der Waals surface area (Å²) in [5.41, 5.74) is -0.802. The maximum absolute atomic E-state index is 13.1. The molecule has 12 nitrogen and oxygen atoms in total. The molecule has 0 radical (unpaired) electrons. The zero-order chi connectivity index (χ0) is 38.8. The molecule has 4 saturated carbocycles. The van der Waals surface area contributed by atoms with E-state index in [-0.39, 0.29) is 51.6 Å². The van der Waals surface area contributed by atoms with E-state index in [1.807, 2.05) is 0 Å². The second kappa shape index (κ2) is 13.2. The van der Waals surface area contributed by atoms with Gasteiger partial charge in [0, 0.05) is 0 Å². The molecular weight excluding hydrogens is 684 g/mol. The van der Waals surface area contributed by atoms with Gasteiger partial charge in [-0.1, -0.05) is 60.1 Å². The molecule has 7 aliphatic rings. The Morgan fingerprint density at radius 2 is 1.49 bits per heavy atom.